The summed E-state index contributed by atoms with van der Waals surface area (Å²) in [5, 5.41) is 12.5. The standard InChI is InChI=1S/C19H21N5O4S/c1-13-7-9-20-23(13)15-4-2-3-14(11-15)21-19(26)17-5-6-18(25)24(22-17)16-8-10-29(27,28)12-16/h2-4,7,9,11,16H,5-6,8,10,12H2,1H3,(H,21,26). The van der Waals surface area contributed by atoms with Crippen molar-refractivity contribution in [1.82, 2.24) is 14.8 Å². The first-order chi connectivity index (χ1) is 13.8. The predicted octanol–water partition coefficient (Wildman–Crippen LogP) is 1.28. The van der Waals surface area contributed by atoms with E-state index in [0.717, 1.165) is 11.4 Å². The van der Waals surface area contributed by atoms with Gasteiger partial charge < -0.3 is 5.32 Å². The molecule has 0 aliphatic carbocycles. The molecule has 4 rings (SSSR count). The molecule has 9 nitrogen and oxygen atoms in total. The lowest BCUT2D eigenvalue weighted by Crippen LogP contribution is -2.42. The van der Waals surface area contributed by atoms with Crippen LogP contribution in [0.15, 0.2) is 41.6 Å². The van der Waals surface area contributed by atoms with E-state index in [1.807, 2.05) is 25.1 Å². The van der Waals surface area contributed by atoms with Crippen LogP contribution in [-0.4, -0.2) is 58.3 Å². The molecule has 2 aliphatic heterocycles. The summed E-state index contributed by atoms with van der Waals surface area (Å²) in [6.07, 6.45) is 2.40. The van der Waals surface area contributed by atoms with Gasteiger partial charge >= 0.3 is 0 Å². The van der Waals surface area contributed by atoms with Crippen molar-refractivity contribution < 1.29 is 18.0 Å². The Kier molecular flexibility index (Phi) is 4.95. The molecule has 29 heavy (non-hydrogen) atoms. The molecule has 1 fully saturated rings. The minimum absolute atomic E-state index is 0.0398. The number of amides is 2. The molecular weight excluding hydrogens is 394 g/mol. The predicted molar refractivity (Wildman–Crippen MR) is 108 cm³/mol. The third kappa shape index (κ3) is 4.07. The van der Waals surface area contributed by atoms with Crippen LogP contribution in [0.25, 0.3) is 5.69 Å². The number of hydrazone groups is 1. The maximum atomic E-state index is 12.7. The van der Waals surface area contributed by atoms with Crippen LogP contribution in [0.2, 0.25) is 0 Å². The highest BCUT2D eigenvalue weighted by molar-refractivity contribution is 7.91. The van der Waals surface area contributed by atoms with Gasteiger partial charge in [-0.15, -0.1) is 0 Å². The van der Waals surface area contributed by atoms with Crippen molar-refractivity contribution in [2.45, 2.75) is 32.2 Å². The zero-order chi connectivity index (χ0) is 20.6. The average Bonchev–Trinajstić information content (AvgIpc) is 3.27. The molecule has 0 radical (unpaired) electrons. The van der Waals surface area contributed by atoms with Gasteiger partial charge in [0.2, 0.25) is 5.91 Å². The highest BCUT2D eigenvalue weighted by atomic mass is 32.2. The summed E-state index contributed by atoms with van der Waals surface area (Å²) in [5.41, 5.74) is 2.57. The number of nitrogens with zero attached hydrogens (tertiary/aromatic N) is 4. The largest absolute Gasteiger partial charge is 0.321 e. The van der Waals surface area contributed by atoms with Gasteiger partial charge in [0, 0.05) is 30.4 Å². The number of carbonyl (C=O) groups is 2. The second kappa shape index (κ2) is 7.43. The van der Waals surface area contributed by atoms with Crippen LogP contribution in [0.4, 0.5) is 5.69 Å². The van der Waals surface area contributed by atoms with E-state index in [-0.39, 0.29) is 36.0 Å². The third-order valence-corrected chi connectivity index (χ3v) is 6.81. The molecule has 0 bridgehead atoms. The summed E-state index contributed by atoms with van der Waals surface area (Å²) in [4.78, 5) is 24.9. The van der Waals surface area contributed by atoms with Gasteiger partial charge in [0.05, 0.1) is 23.2 Å². The summed E-state index contributed by atoms with van der Waals surface area (Å²) in [5.74, 6) is -0.724. The number of sulfone groups is 1. The van der Waals surface area contributed by atoms with Gasteiger partial charge in [-0.1, -0.05) is 6.07 Å². The van der Waals surface area contributed by atoms with E-state index in [9.17, 15) is 18.0 Å². The highest BCUT2D eigenvalue weighted by Gasteiger charge is 2.37. The van der Waals surface area contributed by atoms with Gasteiger partial charge in [-0.2, -0.15) is 10.2 Å². The normalized spacial score (nSPS) is 21.1. The van der Waals surface area contributed by atoms with Crippen molar-refractivity contribution in [2.24, 2.45) is 5.10 Å². The third-order valence-electron chi connectivity index (χ3n) is 5.06. The molecule has 1 atom stereocenters. The van der Waals surface area contributed by atoms with Crippen molar-refractivity contribution in [3.63, 3.8) is 0 Å². The fourth-order valence-electron chi connectivity index (χ4n) is 3.55. The maximum Gasteiger partial charge on any atom is 0.271 e. The molecule has 10 heteroatoms. The number of hydrogen-bond donors (Lipinski definition) is 1. The van der Waals surface area contributed by atoms with E-state index in [1.54, 1.807) is 23.0 Å². The SMILES string of the molecule is Cc1ccnn1-c1cccc(NC(=O)C2=NN(C3CCS(=O)(=O)C3)C(=O)CC2)c1. The van der Waals surface area contributed by atoms with Crippen molar-refractivity contribution in [3.05, 3.63) is 42.2 Å². The minimum Gasteiger partial charge on any atom is -0.321 e. The molecule has 0 saturated carbocycles. The van der Waals surface area contributed by atoms with Crippen molar-refractivity contribution >= 4 is 33.1 Å². The molecule has 152 valence electrons. The first kappa shape index (κ1) is 19.3. The number of benzene rings is 1. The molecule has 1 N–H and O–H groups in total. The van der Waals surface area contributed by atoms with E-state index in [1.165, 1.54) is 5.01 Å². The average molecular weight is 415 g/mol. The monoisotopic (exact) mass is 415 g/mol. The fourth-order valence-corrected chi connectivity index (χ4v) is 5.24. The Balaban J connectivity index is 1.52. The van der Waals surface area contributed by atoms with Crippen molar-refractivity contribution in [1.29, 1.82) is 0 Å². The van der Waals surface area contributed by atoms with Crippen molar-refractivity contribution in [2.75, 3.05) is 16.8 Å². The summed E-state index contributed by atoms with van der Waals surface area (Å²) < 4.78 is 25.2. The molecule has 1 saturated heterocycles. The van der Waals surface area contributed by atoms with Crippen molar-refractivity contribution in [3.8, 4) is 5.69 Å². The maximum absolute atomic E-state index is 12.7. The van der Waals surface area contributed by atoms with Crippen LogP contribution >= 0.6 is 0 Å². The van der Waals surface area contributed by atoms with Gasteiger partial charge in [0.25, 0.3) is 5.91 Å². The summed E-state index contributed by atoms with van der Waals surface area (Å²) in [6, 6.07) is 8.64. The molecule has 1 aromatic carbocycles. The first-order valence-corrected chi connectivity index (χ1v) is 11.2. The lowest BCUT2D eigenvalue weighted by molar-refractivity contribution is -0.133. The molecule has 3 heterocycles. The molecule has 1 unspecified atom stereocenters. The zero-order valence-electron chi connectivity index (χ0n) is 15.9. The molecule has 2 aromatic rings. The number of aromatic nitrogens is 2. The number of anilines is 1. The number of rotatable bonds is 4. The number of carbonyl (C=O) groups excluding carboxylic acids is 2. The van der Waals surface area contributed by atoms with E-state index in [2.05, 4.69) is 15.5 Å². The fraction of sp³-hybridized carbons (Fsp3) is 0.368. The van der Waals surface area contributed by atoms with E-state index in [4.69, 9.17) is 0 Å². The van der Waals surface area contributed by atoms with Crippen LogP contribution in [0.1, 0.15) is 25.0 Å². The topological polar surface area (TPSA) is 114 Å². The van der Waals surface area contributed by atoms with Crippen LogP contribution < -0.4 is 5.32 Å². The van der Waals surface area contributed by atoms with E-state index >= 15 is 0 Å². The Hall–Kier alpha value is -3.01. The van der Waals surface area contributed by atoms with Gasteiger partial charge in [0.15, 0.2) is 9.84 Å². The Labute approximate surface area is 168 Å². The highest BCUT2D eigenvalue weighted by Crippen LogP contribution is 2.23. The molecule has 0 spiro atoms. The molecule has 2 amide bonds. The molecule has 2 aliphatic rings. The van der Waals surface area contributed by atoms with Gasteiger partial charge in [-0.3, -0.25) is 9.59 Å². The smallest absolute Gasteiger partial charge is 0.271 e. The Morgan fingerprint density at radius 2 is 2.07 bits per heavy atom. The minimum atomic E-state index is -3.16. The Morgan fingerprint density at radius 3 is 2.76 bits per heavy atom. The Bertz CT molecular complexity index is 1110. The van der Waals surface area contributed by atoms with Gasteiger partial charge in [-0.05, 0) is 37.6 Å². The second-order valence-corrected chi connectivity index (χ2v) is 9.46. The molecular formula is C19H21N5O4S. The quantitative estimate of drug-likeness (QED) is 0.808. The summed E-state index contributed by atoms with van der Waals surface area (Å²) in [6.45, 7) is 1.93. The van der Waals surface area contributed by atoms with Crippen LogP contribution in [0, 0.1) is 6.92 Å². The molecule has 1 aromatic heterocycles. The van der Waals surface area contributed by atoms with Crippen LogP contribution in [-0.2, 0) is 19.4 Å². The Morgan fingerprint density at radius 1 is 1.24 bits per heavy atom. The summed E-state index contributed by atoms with van der Waals surface area (Å²) in [7, 11) is -3.16. The number of hydrogen-bond acceptors (Lipinski definition) is 6. The summed E-state index contributed by atoms with van der Waals surface area (Å²) >= 11 is 0. The first-order valence-electron chi connectivity index (χ1n) is 9.35. The van der Waals surface area contributed by atoms with Crippen LogP contribution in [0.5, 0.6) is 0 Å². The lowest BCUT2D eigenvalue weighted by Gasteiger charge is -2.27. The lowest BCUT2D eigenvalue weighted by atomic mass is 10.1. The van der Waals surface area contributed by atoms with E-state index in [0.29, 0.717) is 12.1 Å². The number of aryl methyl sites for hydroxylation is 1. The number of nitrogens with one attached hydrogen (secondary N) is 1. The zero-order valence-corrected chi connectivity index (χ0v) is 16.7. The van der Waals surface area contributed by atoms with Crippen LogP contribution in [0.3, 0.4) is 0 Å². The van der Waals surface area contributed by atoms with Gasteiger partial charge in [-0.25, -0.2) is 18.1 Å². The van der Waals surface area contributed by atoms with Gasteiger partial charge in [0.1, 0.15) is 5.71 Å². The second-order valence-electron chi connectivity index (χ2n) is 7.23. The van der Waals surface area contributed by atoms with E-state index < -0.39 is 21.8 Å².